The zero-order valence-electron chi connectivity index (χ0n) is 21.5. The molecule has 0 spiro atoms. The fourth-order valence-corrected chi connectivity index (χ4v) is 1.37. The van der Waals surface area contributed by atoms with Crippen LogP contribution >= 0.6 is 15.9 Å². The van der Waals surface area contributed by atoms with E-state index in [0.29, 0.717) is 0 Å². The number of carbonyl (C=O) groups is 1. The van der Waals surface area contributed by atoms with Gasteiger partial charge in [-0.05, 0) is 49.4 Å². The van der Waals surface area contributed by atoms with Crippen LogP contribution in [0.15, 0.2) is 16.8 Å². The van der Waals surface area contributed by atoms with Crippen molar-refractivity contribution in [2.45, 2.75) is 45.1 Å². The molecule has 2 heterocycles. The van der Waals surface area contributed by atoms with Crippen LogP contribution in [0.2, 0.25) is 0 Å². The molecule has 106 valence electrons. The van der Waals surface area contributed by atoms with Gasteiger partial charge in [-0.15, -0.1) is 0 Å². The monoisotopic (exact) mass is 340 g/mol. The fraction of sp³-hybridized carbons (Fsp3) is 0.692. The minimum absolute atomic E-state index is 0.113. The second-order valence-electron chi connectivity index (χ2n) is 4.59. The first-order valence-corrected chi connectivity index (χ1v) is 6.14. The van der Waals surface area contributed by atoms with Gasteiger partial charge in [-0.3, -0.25) is 4.68 Å². The SMILES string of the molecule is [2H]c1nn(C2([2H])C([2H])([2H])C([2H])([2H])N(C(=O)OC(C)(C)C)C([2H])([2H])C2([2H])[2H])c([2H])c1Br. The van der Waals surface area contributed by atoms with Gasteiger partial charge in [0.25, 0.3) is 0 Å². The van der Waals surface area contributed by atoms with Crippen LogP contribution in [0.3, 0.4) is 0 Å². The summed E-state index contributed by atoms with van der Waals surface area (Å²) in [5.74, 6) is 0. The van der Waals surface area contributed by atoms with Gasteiger partial charge < -0.3 is 9.64 Å². The molecule has 1 aliphatic heterocycles. The second-order valence-corrected chi connectivity index (χ2v) is 5.38. The lowest BCUT2D eigenvalue weighted by atomic mass is 10.1. The third kappa shape index (κ3) is 3.96. The number of carbonyl (C=O) groups excluding carboxylic acids is 1. The predicted molar refractivity (Wildman–Crippen MR) is 76.0 cm³/mol. The van der Waals surface area contributed by atoms with E-state index in [1.165, 1.54) is 20.8 Å². The maximum absolute atomic E-state index is 12.6. The van der Waals surface area contributed by atoms with Gasteiger partial charge in [-0.1, -0.05) is 0 Å². The Morgan fingerprint density at radius 2 is 2.26 bits per heavy atom. The van der Waals surface area contributed by atoms with E-state index in [0.717, 1.165) is 0 Å². The number of aromatic nitrogens is 2. The van der Waals surface area contributed by atoms with Gasteiger partial charge in [0.05, 0.1) is 20.8 Å². The van der Waals surface area contributed by atoms with E-state index in [-0.39, 0.29) is 14.1 Å². The lowest BCUT2D eigenvalue weighted by Crippen LogP contribution is -2.42. The summed E-state index contributed by atoms with van der Waals surface area (Å²) in [4.78, 5) is 12.3. The van der Waals surface area contributed by atoms with Gasteiger partial charge in [-0.2, -0.15) is 5.10 Å². The van der Waals surface area contributed by atoms with E-state index in [1.807, 2.05) is 0 Å². The van der Waals surface area contributed by atoms with Crippen molar-refractivity contribution in [1.29, 1.82) is 0 Å². The number of hydrogen-bond acceptors (Lipinski definition) is 3. The first-order valence-electron chi connectivity index (χ1n) is 10.8. The van der Waals surface area contributed by atoms with E-state index in [4.69, 9.17) is 19.8 Å². The van der Waals surface area contributed by atoms with Gasteiger partial charge >= 0.3 is 6.09 Å². The number of likely N-dealkylation sites (tertiary alicyclic amines) is 1. The minimum Gasteiger partial charge on any atom is -0.444 e. The zero-order chi connectivity index (χ0) is 23.9. The van der Waals surface area contributed by atoms with Crippen LogP contribution in [0.25, 0.3) is 0 Å². The number of ether oxygens (including phenoxy) is 1. The molecule has 19 heavy (non-hydrogen) atoms. The summed E-state index contributed by atoms with van der Waals surface area (Å²) >= 11 is 2.83. The van der Waals surface area contributed by atoms with E-state index in [9.17, 15) is 4.79 Å². The molecule has 0 radical (unpaired) electrons. The summed E-state index contributed by atoms with van der Waals surface area (Å²) in [7, 11) is 0. The number of amides is 1. The Morgan fingerprint density at radius 3 is 2.74 bits per heavy atom. The Labute approximate surface area is 137 Å². The van der Waals surface area contributed by atoms with Crippen LogP contribution in [0.1, 0.15) is 54.6 Å². The summed E-state index contributed by atoms with van der Waals surface area (Å²) in [6.45, 7) is -3.04. The summed E-state index contributed by atoms with van der Waals surface area (Å²) in [5, 5.41) is 3.47. The highest BCUT2D eigenvalue weighted by atomic mass is 79.9. The topological polar surface area (TPSA) is 47.4 Å². The number of rotatable bonds is 1. The number of nitrogens with zero attached hydrogens (tertiary/aromatic N) is 3. The van der Waals surface area contributed by atoms with Crippen LogP contribution in [0.4, 0.5) is 4.79 Å². The second kappa shape index (κ2) is 5.53. The third-order valence-electron chi connectivity index (χ3n) is 1.81. The first kappa shape index (κ1) is 5.76. The van der Waals surface area contributed by atoms with Crippen molar-refractivity contribution in [1.82, 2.24) is 14.7 Å². The quantitative estimate of drug-likeness (QED) is 0.788. The highest BCUT2D eigenvalue weighted by Crippen LogP contribution is 2.24. The lowest BCUT2D eigenvalue weighted by molar-refractivity contribution is 0.0185. The van der Waals surface area contributed by atoms with E-state index < -0.39 is 55.8 Å². The molecule has 0 saturated carbocycles. The summed E-state index contributed by atoms with van der Waals surface area (Å²) in [6.07, 6.45) is -10.5. The van der Waals surface area contributed by atoms with Crippen LogP contribution < -0.4 is 0 Å². The first-order chi connectivity index (χ1) is 13.1. The van der Waals surface area contributed by atoms with E-state index in [2.05, 4.69) is 21.0 Å². The molecule has 0 atom stereocenters. The Kier molecular flexibility index (Phi) is 1.67. The number of hydrogen-bond donors (Lipinski definition) is 0. The smallest absolute Gasteiger partial charge is 0.410 e. The molecule has 0 unspecified atom stereocenters. The number of halogens is 1. The third-order valence-corrected chi connectivity index (χ3v) is 2.17. The largest absolute Gasteiger partial charge is 0.444 e. The molecule has 1 amide bonds. The molecule has 1 aromatic rings. The molecule has 0 aromatic carbocycles. The van der Waals surface area contributed by atoms with Crippen molar-refractivity contribution < 1.29 is 24.6 Å². The molecule has 0 aliphatic carbocycles. The average Bonchev–Trinajstić information content (AvgIpc) is 2.77. The molecule has 6 heteroatoms. The Bertz CT molecular complexity index is 852. The Hall–Kier alpha value is -1.04. The van der Waals surface area contributed by atoms with Gasteiger partial charge in [0.15, 0.2) is 0 Å². The van der Waals surface area contributed by atoms with Crippen LogP contribution in [-0.4, -0.2) is 39.4 Å². The standard InChI is InChI=1S/C13H20BrN3O2/c1-13(2,3)19-12(18)16-6-4-11(5-7-16)17-9-10(14)8-15-17/h8-9,11H,4-7H2,1-3H3/i4D2,5D2,6D2,7D2,8D,9D,11D. The molecule has 1 fully saturated rings. The summed E-state index contributed by atoms with van der Waals surface area (Å²) in [6, 6.07) is -3.54. The maximum Gasteiger partial charge on any atom is 0.410 e. The normalized spacial score (nSPS) is 38.3. The van der Waals surface area contributed by atoms with Gasteiger partial charge in [0.2, 0.25) is 0 Å². The van der Waals surface area contributed by atoms with Crippen molar-refractivity contribution in [2.75, 3.05) is 13.0 Å². The average molecular weight is 341 g/mol. The summed E-state index contributed by atoms with van der Waals surface area (Å²) in [5.41, 5.74) is -1.24. The molecule has 1 aromatic heterocycles. The zero-order valence-corrected chi connectivity index (χ0v) is 12.1. The van der Waals surface area contributed by atoms with Gasteiger partial charge in [0.1, 0.15) is 5.60 Å². The Balaban J connectivity index is 2.87. The van der Waals surface area contributed by atoms with Crippen LogP contribution in [0, 0.1) is 0 Å². The van der Waals surface area contributed by atoms with Crippen molar-refractivity contribution in [3.8, 4) is 0 Å². The van der Waals surface area contributed by atoms with Gasteiger partial charge in [-0.25, -0.2) is 4.79 Å². The molecule has 0 bridgehead atoms. The minimum atomic E-state index is -3.67. The molecule has 0 N–H and O–H groups in total. The summed E-state index contributed by atoms with van der Waals surface area (Å²) < 4.78 is 95.1. The predicted octanol–water partition coefficient (Wildman–Crippen LogP) is 3.22. The fourth-order valence-electron chi connectivity index (χ4n) is 1.12. The van der Waals surface area contributed by atoms with Crippen molar-refractivity contribution in [3.63, 3.8) is 0 Å². The van der Waals surface area contributed by atoms with Crippen molar-refractivity contribution in [3.05, 3.63) is 16.8 Å². The molecule has 1 saturated heterocycles. The molecule has 5 nitrogen and oxygen atoms in total. The van der Waals surface area contributed by atoms with Crippen LogP contribution in [0.5, 0.6) is 0 Å². The molecular weight excluding hydrogens is 310 g/mol. The van der Waals surface area contributed by atoms with E-state index >= 15 is 0 Å². The lowest BCUT2D eigenvalue weighted by Gasteiger charge is -2.33. The maximum atomic E-state index is 12.6. The highest BCUT2D eigenvalue weighted by molar-refractivity contribution is 9.10. The van der Waals surface area contributed by atoms with Crippen molar-refractivity contribution in [2.24, 2.45) is 0 Å². The van der Waals surface area contributed by atoms with Crippen molar-refractivity contribution >= 4 is 22.0 Å². The molecular formula is C13H20BrN3O2. The van der Waals surface area contributed by atoms with Crippen LogP contribution in [-0.2, 0) is 4.74 Å². The molecule has 1 aliphatic rings. The number of piperidine rings is 1. The Morgan fingerprint density at radius 1 is 1.63 bits per heavy atom. The highest BCUT2D eigenvalue weighted by Gasteiger charge is 2.27. The molecule has 2 rings (SSSR count). The van der Waals surface area contributed by atoms with Gasteiger partial charge in [0, 0.05) is 30.1 Å². The van der Waals surface area contributed by atoms with E-state index in [1.54, 1.807) is 0 Å².